The normalized spacial score (nSPS) is 15.4. The zero-order valence-electron chi connectivity index (χ0n) is 20.9. The summed E-state index contributed by atoms with van der Waals surface area (Å²) in [6, 6.07) is 12.3. The zero-order valence-corrected chi connectivity index (χ0v) is 20.9. The third kappa shape index (κ3) is 4.53. The molecular formula is C28H22F5N3O4. The summed E-state index contributed by atoms with van der Waals surface area (Å²) in [5.74, 6) is -2.90. The Morgan fingerprint density at radius 1 is 1.02 bits per heavy atom. The van der Waals surface area contributed by atoms with Crippen molar-refractivity contribution in [3.8, 4) is 22.8 Å². The second-order valence-corrected chi connectivity index (χ2v) is 9.11. The number of ether oxygens (including phenoxy) is 2. The fourth-order valence-electron chi connectivity index (χ4n) is 4.89. The van der Waals surface area contributed by atoms with E-state index < -0.39 is 76.9 Å². The van der Waals surface area contributed by atoms with Gasteiger partial charge in [0.1, 0.15) is 24.0 Å². The van der Waals surface area contributed by atoms with Gasteiger partial charge in [-0.15, -0.1) is 0 Å². The van der Waals surface area contributed by atoms with Crippen LogP contribution in [0.4, 0.5) is 22.0 Å². The second-order valence-electron chi connectivity index (χ2n) is 9.11. The van der Waals surface area contributed by atoms with Crippen molar-refractivity contribution in [1.29, 1.82) is 0 Å². The van der Waals surface area contributed by atoms with Gasteiger partial charge in [-0.05, 0) is 23.8 Å². The zero-order chi connectivity index (χ0) is 28.8. The number of alkyl halides is 3. The molecule has 0 aliphatic carbocycles. The SMILES string of the molecule is COc1cccc(-c2c3n(c(=O)n(CC(N)c4ccccc4)c2=O)C(c2c(F)cccc2C(F)(F)F)CO3)c1F. The predicted octanol–water partition coefficient (Wildman–Crippen LogP) is 4.66. The molecule has 0 radical (unpaired) electrons. The lowest BCUT2D eigenvalue weighted by atomic mass is 9.99. The predicted molar refractivity (Wildman–Crippen MR) is 135 cm³/mol. The Hall–Kier alpha value is -4.45. The maximum atomic E-state index is 15.4. The Kier molecular flexibility index (Phi) is 6.96. The summed E-state index contributed by atoms with van der Waals surface area (Å²) in [4.78, 5) is 27.5. The first-order valence-electron chi connectivity index (χ1n) is 12.1. The molecule has 2 N–H and O–H groups in total. The van der Waals surface area contributed by atoms with Gasteiger partial charge in [0.05, 0.1) is 19.2 Å². The molecule has 0 saturated carbocycles. The number of halogens is 5. The van der Waals surface area contributed by atoms with E-state index in [4.69, 9.17) is 15.2 Å². The van der Waals surface area contributed by atoms with Gasteiger partial charge in [-0.25, -0.2) is 13.6 Å². The van der Waals surface area contributed by atoms with Crippen LogP contribution in [0.25, 0.3) is 11.1 Å². The molecule has 12 heteroatoms. The number of hydrogen-bond donors (Lipinski definition) is 1. The van der Waals surface area contributed by atoms with Gasteiger partial charge in [0.15, 0.2) is 11.6 Å². The first-order chi connectivity index (χ1) is 19.0. The fourth-order valence-corrected chi connectivity index (χ4v) is 4.89. The minimum atomic E-state index is -4.96. The Morgan fingerprint density at radius 2 is 1.73 bits per heavy atom. The molecule has 0 spiro atoms. The molecule has 1 aliphatic rings. The van der Waals surface area contributed by atoms with Crippen LogP contribution in [0.5, 0.6) is 11.6 Å². The summed E-state index contributed by atoms with van der Waals surface area (Å²) in [5.41, 5.74) is 1.86. The third-order valence-corrected chi connectivity index (χ3v) is 6.77. The van der Waals surface area contributed by atoms with E-state index in [-0.39, 0.29) is 11.3 Å². The molecule has 0 bridgehead atoms. The topological polar surface area (TPSA) is 88.5 Å². The average Bonchev–Trinajstić information content (AvgIpc) is 3.36. The fraction of sp³-hybridized carbons (Fsp3) is 0.214. The smallest absolute Gasteiger partial charge is 0.416 e. The summed E-state index contributed by atoms with van der Waals surface area (Å²) < 4.78 is 84.2. The van der Waals surface area contributed by atoms with E-state index >= 15 is 8.78 Å². The molecule has 0 saturated heterocycles. The van der Waals surface area contributed by atoms with Crippen molar-refractivity contribution in [3.05, 3.63) is 116 Å². The van der Waals surface area contributed by atoms with Crippen LogP contribution in [0.15, 0.2) is 76.3 Å². The highest BCUT2D eigenvalue weighted by Gasteiger charge is 2.42. The van der Waals surface area contributed by atoms with Crippen LogP contribution in [0.1, 0.15) is 28.8 Å². The number of nitrogens with two attached hydrogens (primary N) is 1. The summed E-state index contributed by atoms with van der Waals surface area (Å²) in [7, 11) is 1.21. The van der Waals surface area contributed by atoms with E-state index in [1.54, 1.807) is 30.3 Å². The lowest BCUT2D eigenvalue weighted by molar-refractivity contribution is -0.138. The lowest BCUT2D eigenvalue weighted by Crippen LogP contribution is -2.43. The first kappa shape index (κ1) is 27.1. The molecule has 0 amide bonds. The van der Waals surface area contributed by atoms with Crippen LogP contribution >= 0.6 is 0 Å². The number of rotatable bonds is 6. The molecule has 2 unspecified atom stereocenters. The number of aromatic nitrogens is 2. The summed E-state index contributed by atoms with van der Waals surface area (Å²) >= 11 is 0. The average molecular weight is 559 g/mol. The van der Waals surface area contributed by atoms with Gasteiger partial charge in [0.2, 0.25) is 5.88 Å². The highest BCUT2D eigenvalue weighted by Crippen LogP contribution is 2.42. The van der Waals surface area contributed by atoms with Crippen LogP contribution < -0.4 is 26.5 Å². The number of benzene rings is 3. The van der Waals surface area contributed by atoms with Gasteiger partial charge in [-0.2, -0.15) is 13.2 Å². The van der Waals surface area contributed by atoms with E-state index in [1.807, 2.05) is 0 Å². The summed E-state index contributed by atoms with van der Waals surface area (Å²) in [6.45, 7) is -1.03. The number of nitrogens with zero attached hydrogens (tertiary/aromatic N) is 2. The maximum Gasteiger partial charge on any atom is 0.416 e. The van der Waals surface area contributed by atoms with Crippen LogP contribution in [0.2, 0.25) is 0 Å². The highest BCUT2D eigenvalue weighted by atomic mass is 19.4. The molecule has 40 heavy (non-hydrogen) atoms. The molecule has 208 valence electrons. The van der Waals surface area contributed by atoms with Gasteiger partial charge in [-0.3, -0.25) is 13.9 Å². The minimum Gasteiger partial charge on any atom is -0.494 e. The van der Waals surface area contributed by atoms with E-state index in [2.05, 4.69) is 0 Å². The van der Waals surface area contributed by atoms with Crippen LogP contribution in [-0.2, 0) is 12.7 Å². The van der Waals surface area contributed by atoms with Crippen molar-refractivity contribution in [2.24, 2.45) is 5.73 Å². The van der Waals surface area contributed by atoms with Gasteiger partial charge in [-0.1, -0.05) is 48.5 Å². The third-order valence-electron chi connectivity index (χ3n) is 6.77. The van der Waals surface area contributed by atoms with Crippen molar-refractivity contribution >= 4 is 0 Å². The van der Waals surface area contributed by atoms with Gasteiger partial charge < -0.3 is 15.2 Å². The van der Waals surface area contributed by atoms with Crippen molar-refractivity contribution in [3.63, 3.8) is 0 Å². The van der Waals surface area contributed by atoms with E-state index in [1.165, 1.54) is 25.3 Å². The van der Waals surface area contributed by atoms with Crippen molar-refractivity contribution in [2.75, 3.05) is 13.7 Å². The summed E-state index contributed by atoms with van der Waals surface area (Å²) in [5, 5.41) is 0. The molecule has 1 aliphatic heterocycles. The monoisotopic (exact) mass is 559 g/mol. The van der Waals surface area contributed by atoms with Gasteiger partial charge in [0, 0.05) is 17.2 Å². The van der Waals surface area contributed by atoms with Crippen LogP contribution in [-0.4, -0.2) is 22.9 Å². The number of methoxy groups -OCH3 is 1. The maximum absolute atomic E-state index is 15.4. The molecule has 1 aromatic heterocycles. The Balaban J connectivity index is 1.80. The highest BCUT2D eigenvalue weighted by molar-refractivity contribution is 5.70. The Morgan fingerprint density at radius 3 is 2.40 bits per heavy atom. The van der Waals surface area contributed by atoms with Crippen molar-refractivity contribution in [2.45, 2.75) is 24.8 Å². The largest absolute Gasteiger partial charge is 0.494 e. The second kappa shape index (κ2) is 10.3. The van der Waals surface area contributed by atoms with Gasteiger partial charge in [0.25, 0.3) is 5.56 Å². The molecule has 3 aromatic carbocycles. The van der Waals surface area contributed by atoms with E-state index in [0.29, 0.717) is 16.2 Å². The van der Waals surface area contributed by atoms with Crippen LogP contribution in [0.3, 0.4) is 0 Å². The van der Waals surface area contributed by atoms with Crippen LogP contribution in [0, 0.1) is 11.6 Å². The first-order valence-corrected chi connectivity index (χ1v) is 12.1. The molecule has 7 nitrogen and oxygen atoms in total. The van der Waals surface area contributed by atoms with Gasteiger partial charge >= 0.3 is 11.9 Å². The van der Waals surface area contributed by atoms with E-state index in [0.717, 1.165) is 16.7 Å². The molecular weight excluding hydrogens is 537 g/mol. The van der Waals surface area contributed by atoms with Crippen molar-refractivity contribution in [1.82, 2.24) is 9.13 Å². The molecule has 4 aromatic rings. The number of hydrogen-bond acceptors (Lipinski definition) is 5. The Labute approximate surface area is 223 Å². The molecule has 0 fully saturated rings. The number of fused-ring (bicyclic) bond motifs is 1. The summed E-state index contributed by atoms with van der Waals surface area (Å²) in [6.07, 6.45) is -4.96. The standard InChI is InChI=1S/C28H22F5N3O4/c1-39-21-12-5-9-16(24(21)30)22-25(37)35(13-19(34)15-7-3-2-4-8-15)27(38)36-20(14-40-26(22)36)23-17(28(31,32)33)10-6-11-18(23)29/h2-12,19-20H,13-14,34H2,1H3. The van der Waals surface area contributed by atoms with E-state index in [9.17, 15) is 22.8 Å². The Bertz CT molecular complexity index is 1700. The van der Waals surface area contributed by atoms with Crippen molar-refractivity contribution < 1.29 is 31.4 Å². The minimum absolute atomic E-state index is 0.225. The molecule has 2 atom stereocenters. The molecule has 5 rings (SSSR count). The quantitative estimate of drug-likeness (QED) is 0.347. The lowest BCUT2D eigenvalue weighted by Gasteiger charge is -2.21. The molecule has 2 heterocycles.